The Morgan fingerprint density at radius 2 is 2.03 bits per heavy atom. The van der Waals surface area contributed by atoms with Gasteiger partial charge in [0.25, 0.3) is 5.91 Å². The quantitative estimate of drug-likeness (QED) is 0.448. The summed E-state index contributed by atoms with van der Waals surface area (Å²) in [6, 6.07) is 7.06. The number of nitrogens with two attached hydrogens (primary N) is 1. The van der Waals surface area contributed by atoms with Crippen LogP contribution in [0.25, 0.3) is 11.4 Å². The van der Waals surface area contributed by atoms with Crippen molar-refractivity contribution in [1.82, 2.24) is 30.7 Å². The summed E-state index contributed by atoms with van der Waals surface area (Å²) in [5, 5.41) is 20.6. The average Bonchev–Trinajstić information content (AvgIpc) is 3.40. The molecule has 2 heterocycles. The Kier molecular flexibility index (Phi) is 4.78. The van der Waals surface area contributed by atoms with E-state index in [1.165, 1.54) is 20.5 Å². The molecule has 0 spiro atoms. The molecule has 3 aromatic rings. The first-order valence-corrected chi connectivity index (χ1v) is 9.20. The first kappa shape index (κ1) is 19.3. The van der Waals surface area contributed by atoms with Gasteiger partial charge in [-0.3, -0.25) is 14.7 Å². The molecule has 1 saturated carbocycles. The number of carbonyl (C=O) groups is 2. The van der Waals surface area contributed by atoms with Gasteiger partial charge in [-0.15, -0.1) is 5.10 Å². The fourth-order valence-corrected chi connectivity index (χ4v) is 3.28. The van der Waals surface area contributed by atoms with E-state index >= 15 is 0 Å². The largest absolute Gasteiger partial charge is 0.494 e. The van der Waals surface area contributed by atoms with Gasteiger partial charge in [-0.2, -0.15) is 10.2 Å². The van der Waals surface area contributed by atoms with Crippen LogP contribution in [0.15, 0.2) is 30.6 Å². The van der Waals surface area contributed by atoms with Gasteiger partial charge in [-0.25, -0.2) is 4.98 Å². The highest BCUT2D eigenvalue weighted by Crippen LogP contribution is 2.47. The lowest BCUT2D eigenvalue weighted by molar-refractivity contribution is -0.120. The van der Waals surface area contributed by atoms with E-state index in [-0.39, 0.29) is 5.69 Å². The lowest BCUT2D eigenvalue weighted by atomic mass is 10.0. The van der Waals surface area contributed by atoms with E-state index in [9.17, 15) is 9.59 Å². The number of amides is 2. The SMILES string of the molecule is CNC(=O)c1nnc(C2(C(N)=O)CC2)cc1Nc1cccc(-c2ncn[nH]2)c1OC. The summed E-state index contributed by atoms with van der Waals surface area (Å²) in [4.78, 5) is 28.4. The molecule has 1 aliphatic carbocycles. The van der Waals surface area contributed by atoms with Crippen LogP contribution < -0.4 is 21.1 Å². The van der Waals surface area contributed by atoms with Crippen LogP contribution in [0, 0.1) is 0 Å². The molecule has 11 nitrogen and oxygen atoms in total. The molecule has 1 aromatic carbocycles. The van der Waals surface area contributed by atoms with E-state index in [0.717, 1.165) is 0 Å². The van der Waals surface area contributed by atoms with Crippen LogP contribution in [-0.4, -0.2) is 51.4 Å². The maximum Gasteiger partial charge on any atom is 0.273 e. The Bertz CT molecular complexity index is 1110. The molecule has 1 fully saturated rings. The van der Waals surface area contributed by atoms with Crippen molar-refractivity contribution < 1.29 is 14.3 Å². The normalized spacial score (nSPS) is 14.1. The summed E-state index contributed by atoms with van der Waals surface area (Å²) in [7, 11) is 3.03. The Labute approximate surface area is 171 Å². The van der Waals surface area contributed by atoms with Gasteiger partial charge in [-0.05, 0) is 31.0 Å². The molecule has 11 heteroatoms. The first-order chi connectivity index (χ1) is 14.5. The third-order valence-electron chi connectivity index (χ3n) is 5.11. The molecule has 0 atom stereocenters. The second-order valence-electron chi connectivity index (χ2n) is 6.86. The van der Waals surface area contributed by atoms with Gasteiger partial charge >= 0.3 is 0 Å². The fraction of sp³-hybridized carbons (Fsp3) is 0.263. The third-order valence-corrected chi connectivity index (χ3v) is 5.11. The molecule has 0 radical (unpaired) electrons. The molecule has 30 heavy (non-hydrogen) atoms. The molecule has 2 aromatic heterocycles. The van der Waals surface area contributed by atoms with E-state index in [4.69, 9.17) is 10.5 Å². The minimum atomic E-state index is -0.837. The highest BCUT2D eigenvalue weighted by atomic mass is 16.5. The number of hydrogen-bond acceptors (Lipinski definition) is 8. The second-order valence-corrected chi connectivity index (χ2v) is 6.86. The van der Waals surface area contributed by atoms with Gasteiger partial charge in [0.15, 0.2) is 17.3 Å². The van der Waals surface area contributed by atoms with Crippen molar-refractivity contribution in [1.29, 1.82) is 0 Å². The third kappa shape index (κ3) is 3.19. The van der Waals surface area contributed by atoms with Crippen molar-refractivity contribution in [2.75, 3.05) is 19.5 Å². The Morgan fingerprint density at radius 3 is 2.63 bits per heavy atom. The summed E-state index contributed by atoms with van der Waals surface area (Å²) in [6.07, 6.45) is 2.59. The summed E-state index contributed by atoms with van der Waals surface area (Å²) in [5.74, 6) is 0.138. The van der Waals surface area contributed by atoms with Crippen molar-refractivity contribution in [3.05, 3.63) is 42.0 Å². The van der Waals surface area contributed by atoms with E-state index in [2.05, 4.69) is 36.0 Å². The zero-order chi connectivity index (χ0) is 21.3. The number of nitrogens with zero attached hydrogens (tertiary/aromatic N) is 4. The van der Waals surface area contributed by atoms with Gasteiger partial charge in [-0.1, -0.05) is 6.07 Å². The zero-order valence-corrected chi connectivity index (χ0v) is 16.4. The summed E-state index contributed by atoms with van der Waals surface area (Å²) < 4.78 is 5.59. The number of rotatable bonds is 7. The molecular weight excluding hydrogens is 388 g/mol. The Balaban J connectivity index is 1.80. The smallest absolute Gasteiger partial charge is 0.273 e. The predicted molar refractivity (Wildman–Crippen MR) is 107 cm³/mol. The van der Waals surface area contributed by atoms with Crippen LogP contribution in [0.1, 0.15) is 29.0 Å². The van der Waals surface area contributed by atoms with Crippen molar-refractivity contribution in [2.45, 2.75) is 18.3 Å². The standard InChI is InChI=1S/C19H20N8O3/c1-21-17(28)14-12(8-13(25-26-14)19(6-7-19)18(20)29)24-11-5-3-4-10(15(11)30-2)16-22-9-23-27-16/h3-5,8-9H,6-7H2,1-2H3,(H2,20,29)(H,21,28)(H,24,25)(H,22,23,27). The van der Waals surface area contributed by atoms with E-state index in [0.29, 0.717) is 47.0 Å². The van der Waals surface area contributed by atoms with Crippen LogP contribution in [0.5, 0.6) is 5.75 Å². The lowest BCUT2D eigenvalue weighted by Crippen LogP contribution is -2.30. The topological polar surface area (TPSA) is 161 Å². The number of carbonyl (C=O) groups excluding carboxylic acids is 2. The number of aromatic nitrogens is 5. The number of anilines is 2. The van der Waals surface area contributed by atoms with Crippen molar-refractivity contribution >= 4 is 23.2 Å². The molecule has 5 N–H and O–H groups in total. The number of hydrogen-bond donors (Lipinski definition) is 4. The van der Waals surface area contributed by atoms with E-state index in [1.807, 2.05) is 12.1 Å². The number of H-pyrrole nitrogens is 1. The molecule has 0 aliphatic heterocycles. The molecule has 2 amide bonds. The minimum absolute atomic E-state index is 0.0774. The number of ether oxygens (including phenoxy) is 1. The van der Waals surface area contributed by atoms with Crippen LogP contribution in [0.2, 0.25) is 0 Å². The Hall–Kier alpha value is -4.02. The Morgan fingerprint density at radius 1 is 1.23 bits per heavy atom. The summed E-state index contributed by atoms with van der Waals surface area (Å²) >= 11 is 0. The number of nitrogens with one attached hydrogen (secondary N) is 3. The number of primary amides is 1. The zero-order valence-electron chi connectivity index (χ0n) is 16.4. The number of para-hydroxylation sites is 1. The molecule has 0 unspecified atom stereocenters. The maximum atomic E-state index is 12.3. The highest BCUT2D eigenvalue weighted by Gasteiger charge is 2.52. The second kappa shape index (κ2) is 7.43. The summed E-state index contributed by atoms with van der Waals surface area (Å²) in [6.45, 7) is 0. The fourth-order valence-electron chi connectivity index (χ4n) is 3.28. The van der Waals surface area contributed by atoms with Crippen LogP contribution in [0.3, 0.4) is 0 Å². The minimum Gasteiger partial charge on any atom is -0.494 e. The van der Waals surface area contributed by atoms with Gasteiger partial charge in [0.2, 0.25) is 5.91 Å². The monoisotopic (exact) mass is 408 g/mol. The molecule has 1 aliphatic rings. The van der Waals surface area contributed by atoms with E-state index in [1.54, 1.807) is 12.1 Å². The van der Waals surface area contributed by atoms with Gasteiger partial charge in [0.05, 0.1) is 35.2 Å². The van der Waals surface area contributed by atoms with Crippen LogP contribution >= 0.6 is 0 Å². The highest BCUT2D eigenvalue weighted by molar-refractivity contribution is 5.99. The predicted octanol–water partition coefficient (Wildman–Crippen LogP) is 0.890. The van der Waals surface area contributed by atoms with Crippen LogP contribution in [-0.2, 0) is 10.2 Å². The summed E-state index contributed by atoms with van der Waals surface area (Å²) in [5.41, 5.74) is 6.86. The van der Waals surface area contributed by atoms with Crippen molar-refractivity contribution in [2.24, 2.45) is 5.73 Å². The molecule has 0 bridgehead atoms. The van der Waals surface area contributed by atoms with Gasteiger partial charge < -0.3 is 21.1 Å². The molecular formula is C19H20N8O3. The lowest BCUT2D eigenvalue weighted by Gasteiger charge is -2.17. The van der Waals surface area contributed by atoms with Crippen LogP contribution in [0.4, 0.5) is 11.4 Å². The van der Waals surface area contributed by atoms with Gasteiger partial charge in [0, 0.05) is 7.05 Å². The molecule has 4 rings (SSSR count). The molecule has 0 saturated heterocycles. The number of aromatic amines is 1. The molecule has 154 valence electrons. The first-order valence-electron chi connectivity index (χ1n) is 9.20. The maximum absolute atomic E-state index is 12.3. The van der Waals surface area contributed by atoms with Crippen molar-refractivity contribution in [3.63, 3.8) is 0 Å². The number of benzene rings is 1. The van der Waals surface area contributed by atoms with Gasteiger partial charge in [0.1, 0.15) is 6.33 Å². The van der Waals surface area contributed by atoms with Crippen molar-refractivity contribution in [3.8, 4) is 17.1 Å². The average molecular weight is 408 g/mol. The van der Waals surface area contributed by atoms with E-state index < -0.39 is 17.2 Å². The number of methoxy groups -OCH3 is 1.